The molecular formula is C13H13BrClN3. The first kappa shape index (κ1) is 13.3. The van der Waals surface area contributed by atoms with Gasteiger partial charge in [-0.1, -0.05) is 29.8 Å². The first-order valence-electron chi connectivity index (χ1n) is 5.62. The van der Waals surface area contributed by atoms with Crippen molar-refractivity contribution in [3.8, 4) is 0 Å². The Morgan fingerprint density at radius 1 is 1.28 bits per heavy atom. The number of anilines is 1. The Morgan fingerprint density at radius 3 is 2.72 bits per heavy atom. The van der Waals surface area contributed by atoms with Gasteiger partial charge in [0.2, 0.25) is 5.28 Å². The van der Waals surface area contributed by atoms with Crippen LogP contribution in [0, 0.1) is 6.92 Å². The summed E-state index contributed by atoms with van der Waals surface area (Å²) in [5, 5.41) is 3.48. The number of rotatable bonds is 4. The van der Waals surface area contributed by atoms with Gasteiger partial charge in [0.25, 0.3) is 0 Å². The second-order valence-electron chi connectivity index (χ2n) is 4.00. The number of benzene rings is 1. The third kappa shape index (κ3) is 3.68. The van der Waals surface area contributed by atoms with Crippen molar-refractivity contribution in [2.75, 3.05) is 11.9 Å². The Kier molecular flexibility index (Phi) is 4.55. The molecule has 0 amide bonds. The van der Waals surface area contributed by atoms with Gasteiger partial charge >= 0.3 is 0 Å². The molecule has 0 atom stereocenters. The SMILES string of the molecule is Cc1ccc(CCNc2nc(Cl)ncc2Br)cc1. The van der Waals surface area contributed by atoms with E-state index in [1.165, 1.54) is 11.1 Å². The largest absolute Gasteiger partial charge is 0.369 e. The van der Waals surface area contributed by atoms with E-state index in [4.69, 9.17) is 11.6 Å². The molecule has 2 aromatic rings. The maximum absolute atomic E-state index is 5.75. The van der Waals surface area contributed by atoms with E-state index >= 15 is 0 Å². The van der Waals surface area contributed by atoms with Crippen molar-refractivity contribution >= 4 is 33.3 Å². The summed E-state index contributed by atoms with van der Waals surface area (Å²) in [7, 11) is 0. The predicted octanol–water partition coefficient (Wildman–Crippen LogP) is 3.86. The minimum absolute atomic E-state index is 0.246. The van der Waals surface area contributed by atoms with Crippen molar-refractivity contribution in [1.29, 1.82) is 0 Å². The zero-order valence-electron chi connectivity index (χ0n) is 9.95. The number of hydrogen-bond acceptors (Lipinski definition) is 3. The summed E-state index contributed by atoms with van der Waals surface area (Å²) < 4.78 is 0.816. The molecule has 0 aliphatic carbocycles. The van der Waals surface area contributed by atoms with Gasteiger partial charge < -0.3 is 5.32 Å². The van der Waals surface area contributed by atoms with Crippen molar-refractivity contribution in [3.63, 3.8) is 0 Å². The molecule has 0 bridgehead atoms. The van der Waals surface area contributed by atoms with Gasteiger partial charge in [0.05, 0.1) is 4.47 Å². The third-order valence-corrected chi connectivity index (χ3v) is 3.30. The molecule has 1 heterocycles. The van der Waals surface area contributed by atoms with Gasteiger partial charge in [-0.3, -0.25) is 0 Å². The van der Waals surface area contributed by atoms with Crippen molar-refractivity contribution in [1.82, 2.24) is 9.97 Å². The predicted molar refractivity (Wildman–Crippen MR) is 78.1 cm³/mol. The highest BCUT2D eigenvalue weighted by atomic mass is 79.9. The minimum Gasteiger partial charge on any atom is -0.369 e. The summed E-state index contributed by atoms with van der Waals surface area (Å²) in [4.78, 5) is 8.00. The lowest BCUT2D eigenvalue weighted by Crippen LogP contribution is -2.07. The first-order chi connectivity index (χ1) is 8.65. The molecule has 0 spiro atoms. The Balaban J connectivity index is 1.92. The second kappa shape index (κ2) is 6.16. The van der Waals surface area contributed by atoms with E-state index in [2.05, 4.69) is 62.4 Å². The van der Waals surface area contributed by atoms with Crippen LogP contribution in [0.4, 0.5) is 5.82 Å². The molecule has 2 rings (SSSR count). The standard InChI is InChI=1S/C13H13BrClN3/c1-9-2-4-10(5-3-9)6-7-16-12-11(14)8-17-13(15)18-12/h2-5,8H,6-7H2,1H3,(H,16,17,18). The number of hydrogen-bond donors (Lipinski definition) is 1. The Bertz CT molecular complexity index is 528. The average molecular weight is 327 g/mol. The molecule has 0 saturated heterocycles. The lowest BCUT2D eigenvalue weighted by Gasteiger charge is -2.07. The lowest BCUT2D eigenvalue weighted by molar-refractivity contribution is 0.995. The lowest BCUT2D eigenvalue weighted by atomic mass is 10.1. The van der Waals surface area contributed by atoms with Crippen LogP contribution in [-0.4, -0.2) is 16.5 Å². The van der Waals surface area contributed by atoms with Gasteiger partial charge in [-0.25, -0.2) is 4.98 Å². The molecule has 0 aliphatic heterocycles. The fourth-order valence-electron chi connectivity index (χ4n) is 1.55. The molecule has 1 aromatic heterocycles. The monoisotopic (exact) mass is 325 g/mol. The van der Waals surface area contributed by atoms with Gasteiger partial charge in [-0.2, -0.15) is 4.98 Å². The van der Waals surface area contributed by atoms with Crippen LogP contribution in [0.1, 0.15) is 11.1 Å². The molecule has 1 aromatic carbocycles. The van der Waals surface area contributed by atoms with E-state index in [-0.39, 0.29) is 5.28 Å². The van der Waals surface area contributed by atoms with Crippen LogP contribution >= 0.6 is 27.5 Å². The number of aryl methyl sites for hydroxylation is 1. The Morgan fingerprint density at radius 2 is 2.00 bits per heavy atom. The van der Waals surface area contributed by atoms with Crippen LogP contribution in [0.3, 0.4) is 0 Å². The van der Waals surface area contributed by atoms with Crippen molar-refractivity contribution < 1.29 is 0 Å². The van der Waals surface area contributed by atoms with E-state index < -0.39 is 0 Å². The average Bonchev–Trinajstić information content (AvgIpc) is 2.36. The van der Waals surface area contributed by atoms with Crippen molar-refractivity contribution in [3.05, 3.63) is 51.3 Å². The molecule has 3 nitrogen and oxygen atoms in total. The minimum atomic E-state index is 0.246. The fraction of sp³-hybridized carbons (Fsp3) is 0.231. The molecule has 0 fully saturated rings. The van der Waals surface area contributed by atoms with Crippen LogP contribution < -0.4 is 5.32 Å². The molecule has 0 saturated carbocycles. The van der Waals surface area contributed by atoms with E-state index in [0.717, 1.165) is 23.3 Å². The third-order valence-electron chi connectivity index (χ3n) is 2.54. The Labute approximate surface area is 120 Å². The maximum Gasteiger partial charge on any atom is 0.224 e. The maximum atomic E-state index is 5.75. The molecule has 0 unspecified atom stereocenters. The number of aromatic nitrogens is 2. The molecule has 1 N–H and O–H groups in total. The summed E-state index contributed by atoms with van der Waals surface area (Å²) in [6.45, 7) is 2.89. The van der Waals surface area contributed by atoms with E-state index in [9.17, 15) is 0 Å². The summed E-state index contributed by atoms with van der Waals surface area (Å²) in [6.07, 6.45) is 2.58. The molecule has 5 heteroatoms. The summed E-state index contributed by atoms with van der Waals surface area (Å²) in [5.74, 6) is 0.724. The van der Waals surface area contributed by atoms with Crippen LogP contribution in [-0.2, 0) is 6.42 Å². The smallest absolute Gasteiger partial charge is 0.224 e. The van der Waals surface area contributed by atoms with Crippen LogP contribution in [0.2, 0.25) is 5.28 Å². The molecule has 94 valence electrons. The molecule has 0 radical (unpaired) electrons. The van der Waals surface area contributed by atoms with Gasteiger partial charge in [0, 0.05) is 12.7 Å². The van der Waals surface area contributed by atoms with Gasteiger partial charge in [0.1, 0.15) is 5.82 Å². The summed E-state index contributed by atoms with van der Waals surface area (Å²) >= 11 is 9.13. The Hall–Kier alpha value is -1.13. The summed E-state index contributed by atoms with van der Waals surface area (Å²) in [5.41, 5.74) is 2.57. The highest BCUT2D eigenvalue weighted by Crippen LogP contribution is 2.19. The quantitative estimate of drug-likeness (QED) is 0.867. The number of nitrogens with one attached hydrogen (secondary N) is 1. The molecular weight excluding hydrogens is 314 g/mol. The van der Waals surface area contributed by atoms with Crippen molar-refractivity contribution in [2.24, 2.45) is 0 Å². The van der Waals surface area contributed by atoms with Gasteiger partial charge in [0.15, 0.2) is 0 Å². The van der Waals surface area contributed by atoms with Crippen LogP contribution in [0.15, 0.2) is 34.9 Å². The highest BCUT2D eigenvalue weighted by Gasteiger charge is 2.02. The molecule has 18 heavy (non-hydrogen) atoms. The number of halogens is 2. The zero-order chi connectivity index (χ0) is 13.0. The van der Waals surface area contributed by atoms with E-state index in [1.54, 1.807) is 6.20 Å². The van der Waals surface area contributed by atoms with Crippen LogP contribution in [0.5, 0.6) is 0 Å². The first-order valence-corrected chi connectivity index (χ1v) is 6.80. The second-order valence-corrected chi connectivity index (χ2v) is 5.19. The topological polar surface area (TPSA) is 37.8 Å². The van der Waals surface area contributed by atoms with E-state index in [0.29, 0.717) is 0 Å². The van der Waals surface area contributed by atoms with Gasteiger partial charge in [-0.05, 0) is 46.4 Å². The normalized spacial score (nSPS) is 10.4. The highest BCUT2D eigenvalue weighted by molar-refractivity contribution is 9.10. The summed E-state index contributed by atoms with van der Waals surface area (Å²) in [6, 6.07) is 8.51. The molecule has 0 aliphatic rings. The zero-order valence-corrected chi connectivity index (χ0v) is 12.3. The van der Waals surface area contributed by atoms with Crippen molar-refractivity contribution in [2.45, 2.75) is 13.3 Å². The number of nitrogens with zero attached hydrogens (tertiary/aromatic N) is 2. The van der Waals surface area contributed by atoms with E-state index in [1.807, 2.05) is 0 Å². The van der Waals surface area contributed by atoms with Gasteiger partial charge in [-0.15, -0.1) is 0 Å². The van der Waals surface area contributed by atoms with Crippen LogP contribution in [0.25, 0.3) is 0 Å². The fourth-order valence-corrected chi connectivity index (χ4v) is 2.01.